The molecule has 0 aromatic carbocycles. The van der Waals surface area contributed by atoms with Crippen LogP contribution < -0.4 is 24.8 Å². The van der Waals surface area contributed by atoms with Gasteiger partial charge in [-0.2, -0.15) is 0 Å². The predicted octanol–water partition coefficient (Wildman–Crippen LogP) is -4.00. The van der Waals surface area contributed by atoms with Crippen LogP contribution >= 0.6 is 35.7 Å². The van der Waals surface area contributed by atoms with E-state index in [9.17, 15) is 0 Å². The first-order chi connectivity index (χ1) is 2.00. The summed E-state index contributed by atoms with van der Waals surface area (Å²) >= 11 is -3.29. The van der Waals surface area contributed by atoms with Crippen molar-refractivity contribution in [2.75, 3.05) is 0 Å². The Morgan fingerprint density at radius 3 is 0.750 bits per heavy atom. The van der Waals surface area contributed by atoms with Crippen LogP contribution in [0.2, 0.25) is 0 Å². The maximum atomic E-state index is 5.04. The van der Waals surface area contributed by atoms with E-state index in [4.69, 9.17) is 35.7 Å². The van der Waals surface area contributed by atoms with Crippen LogP contribution in [0.15, 0.2) is 0 Å². The van der Waals surface area contributed by atoms with Crippen molar-refractivity contribution < 1.29 is 24.8 Å². The van der Waals surface area contributed by atoms with Gasteiger partial charge in [0.15, 0.2) is 0 Å². The smallest absolute Gasteiger partial charge is 2.00 e. The molecule has 8 heteroatoms. The summed E-state index contributed by atoms with van der Waals surface area (Å²) in [6, 6.07) is 0. The predicted molar refractivity (Wildman–Crippen MR) is 34.9 cm³/mol. The minimum Gasteiger partial charge on any atom is 2.00 e. The first-order valence-electron chi connectivity index (χ1n) is 0.756. The van der Waals surface area contributed by atoms with Crippen molar-refractivity contribution in [2.45, 2.75) is 0 Å². The molecule has 0 atom stereocenters. The van der Waals surface area contributed by atoms with Gasteiger partial charge in [-0.3, -0.25) is 0 Å². The van der Waals surface area contributed by atoms with Crippen LogP contribution in [0.1, 0.15) is 0 Å². The first kappa shape index (κ1) is 22.5. The van der Waals surface area contributed by atoms with Gasteiger partial charge < -0.3 is 24.8 Å². The Morgan fingerprint density at radius 2 is 0.750 bits per heavy atom. The van der Waals surface area contributed by atoms with Crippen LogP contribution in [0, 0.1) is 0 Å². The van der Waals surface area contributed by atoms with Gasteiger partial charge >= 0.3 is 72.6 Å². The molecular formula is Cl6MgSn. The van der Waals surface area contributed by atoms with Gasteiger partial charge in [0.1, 0.15) is 0 Å². The van der Waals surface area contributed by atoms with E-state index in [0.29, 0.717) is 0 Å². The standard InChI is InChI=1S/6ClH.Mg.Sn/h6*1H;;/q;;;;;;+2;+4/p-6. The van der Waals surface area contributed by atoms with Gasteiger partial charge in [0.05, 0.1) is 0 Å². The molecule has 0 fully saturated rings. The largest absolute Gasteiger partial charge is 2.00 e. The Labute approximate surface area is 95.7 Å². The molecule has 0 nitrogen and oxygen atoms in total. The van der Waals surface area contributed by atoms with Gasteiger partial charge in [0, 0.05) is 0 Å². The third-order valence-corrected chi connectivity index (χ3v) is 0. The molecule has 0 spiro atoms. The molecule has 0 aromatic rings. The monoisotopic (exact) mass is 354 g/mol. The van der Waals surface area contributed by atoms with Gasteiger partial charge in [-0.05, 0) is 0 Å². The van der Waals surface area contributed by atoms with E-state index in [0.717, 1.165) is 0 Å². The Balaban J connectivity index is -0.0000000267. The minimum atomic E-state index is -3.29. The van der Waals surface area contributed by atoms with Crippen molar-refractivity contribution in [2.24, 2.45) is 0 Å². The van der Waals surface area contributed by atoms with Crippen LogP contribution in [0.4, 0.5) is 0 Å². The van der Waals surface area contributed by atoms with Gasteiger partial charge in [0.2, 0.25) is 0 Å². The number of halogens is 6. The molecule has 0 amide bonds. The maximum absolute atomic E-state index is 5.04. The summed E-state index contributed by atoms with van der Waals surface area (Å²) in [5.74, 6) is 0. The molecule has 0 saturated carbocycles. The summed E-state index contributed by atoms with van der Waals surface area (Å²) in [5, 5.41) is 0. The fourth-order valence-corrected chi connectivity index (χ4v) is 0. The molecule has 0 aromatic heterocycles. The van der Waals surface area contributed by atoms with E-state index in [-0.39, 0.29) is 47.9 Å². The summed E-state index contributed by atoms with van der Waals surface area (Å²) in [5.41, 5.74) is 0. The zero-order valence-electron chi connectivity index (χ0n) is 3.47. The quantitative estimate of drug-likeness (QED) is 0.389. The number of hydrogen-bond donors (Lipinski definition) is 0. The first-order valence-corrected chi connectivity index (χ1v) is 15.2. The molecule has 48 valence electrons. The third kappa shape index (κ3) is 58.8. The summed E-state index contributed by atoms with van der Waals surface area (Å²) in [4.78, 5) is 0. The van der Waals surface area contributed by atoms with Crippen LogP contribution in [-0.4, -0.2) is 36.9 Å². The molecular weight excluding hydrogens is 356 g/mol. The zero-order valence-corrected chi connectivity index (χ0v) is 12.3. The van der Waals surface area contributed by atoms with E-state index in [1.165, 1.54) is 0 Å². The van der Waals surface area contributed by atoms with E-state index in [1.54, 1.807) is 0 Å². The average Bonchev–Trinajstić information content (AvgIpc) is 0.722. The number of rotatable bonds is 0. The van der Waals surface area contributed by atoms with E-state index in [1.807, 2.05) is 0 Å². The Morgan fingerprint density at radius 1 is 0.750 bits per heavy atom. The van der Waals surface area contributed by atoms with Crippen LogP contribution in [0.25, 0.3) is 0 Å². The van der Waals surface area contributed by atoms with Crippen molar-refractivity contribution in [1.29, 1.82) is 0 Å². The summed E-state index contributed by atoms with van der Waals surface area (Å²) in [7, 11) is 20.1. The zero-order chi connectivity index (χ0) is 4.50. The second kappa shape index (κ2) is 10.3. The fourth-order valence-electron chi connectivity index (χ4n) is 0. The average molecular weight is 356 g/mol. The Kier molecular flexibility index (Phi) is 29.0. The molecule has 0 aliphatic heterocycles. The SMILES string of the molecule is [Cl-].[Cl-].[Cl][Sn]([Cl])([Cl])[Cl].[Mg+2]. The van der Waals surface area contributed by atoms with E-state index >= 15 is 0 Å². The molecule has 8 heavy (non-hydrogen) atoms. The van der Waals surface area contributed by atoms with Crippen molar-refractivity contribution in [3.8, 4) is 0 Å². The van der Waals surface area contributed by atoms with Crippen molar-refractivity contribution in [3.05, 3.63) is 0 Å². The molecule has 0 aliphatic carbocycles. The van der Waals surface area contributed by atoms with Crippen molar-refractivity contribution >= 4 is 72.6 Å². The third-order valence-electron chi connectivity index (χ3n) is 0. The van der Waals surface area contributed by atoms with Crippen LogP contribution in [0.5, 0.6) is 0 Å². The van der Waals surface area contributed by atoms with Gasteiger partial charge in [-0.1, -0.05) is 0 Å². The Bertz CT molecular complexity index is 24.0. The second-order valence-electron chi connectivity index (χ2n) is 0.429. The van der Waals surface area contributed by atoms with Crippen molar-refractivity contribution in [1.82, 2.24) is 0 Å². The molecule has 0 unspecified atom stereocenters. The molecule has 0 rings (SSSR count). The molecule has 0 N–H and O–H groups in total. The van der Waals surface area contributed by atoms with Gasteiger partial charge in [-0.25, -0.2) is 0 Å². The topological polar surface area (TPSA) is 0 Å². The van der Waals surface area contributed by atoms with Crippen LogP contribution in [-0.2, 0) is 0 Å². The summed E-state index contributed by atoms with van der Waals surface area (Å²) < 4.78 is 0. The molecule has 0 aliphatic rings. The molecule has 0 heterocycles. The Hall–Kier alpha value is 3.30. The van der Waals surface area contributed by atoms with E-state index in [2.05, 4.69) is 0 Å². The second-order valence-corrected chi connectivity index (χ2v) is 25.9. The number of hydrogen-bond acceptors (Lipinski definition) is 0. The van der Waals surface area contributed by atoms with Crippen molar-refractivity contribution in [3.63, 3.8) is 0 Å². The maximum Gasteiger partial charge on any atom is 2.00 e. The molecule has 0 radical (unpaired) electrons. The van der Waals surface area contributed by atoms with Crippen LogP contribution in [0.3, 0.4) is 0 Å². The normalized spacial score (nSPS) is 7.50. The van der Waals surface area contributed by atoms with Gasteiger partial charge in [-0.15, -0.1) is 0 Å². The molecule has 0 bridgehead atoms. The summed E-state index contributed by atoms with van der Waals surface area (Å²) in [6.45, 7) is 0. The molecule has 0 saturated heterocycles. The van der Waals surface area contributed by atoms with Gasteiger partial charge in [0.25, 0.3) is 0 Å². The van der Waals surface area contributed by atoms with E-state index < -0.39 is 13.9 Å². The summed E-state index contributed by atoms with van der Waals surface area (Å²) in [6.07, 6.45) is 0. The minimum absolute atomic E-state index is 0. The fraction of sp³-hybridized carbons (Fsp3) is 0.